The first-order valence-electron chi connectivity index (χ1n) is 7.56. The second-order valence-corrected chi connectivity index (χ2v) is 8.51. The summed E-state index contributed by atoms with van der Waals surface area (Å²) in [6.07, 6.45) is 4.05. The molecule has 4 heteroatoms. The summed E-state index contributed by atoms with van der Waals surface area (Å²) in [5.41, 5.74) is 6.93. The Morgan fingerprint density at radius 2 is 1.70 bits per heavy atom. The van der Waals surface area contributed by atoms with Gasteiger partial charge in [-0.2, -0.15) is 0 Å². The fraction of sp³-hybridized carbons (Fsp3) is 0.875. The molecule has 0 aromatic carbocycles. The van der Waals surface area contributed by atoms with Crippen molar-refractivity contribution in [1.29, 1.82) is 0 Å². The standard InChI is InChI=1S/C16H32N4/c1-12(2)9-14(3,4)13-10-20(19-18-13)16(7,8)11-15(5,6)17/h10,12H,9,11,17H2,1-8H3. The summed E-state index contributed by atoms with van der Waals surface area (Å²) >= 11 is 0. The maximum absolute atomic E-state index is 6.16. The van der Waals surface area contributed by atoms with Crippen LogP contribution in [0.5, 0.6) is 0 Å². The van der Waals surface area contributed by atoms with E-state index in [1.165, 1.54) is 0 Å². The van der Waals surface area contributed by atoms with Crippen molar-refractivity contribution in [2.45, 2.75) is 84.7 Å². The van der Waals surface area contributed by atoms with Gasteiger partial charge in [0.15, 0.2) is 0 Å². The Labute approximate surface area is 124 Å². The van der Waals surface area contributed by atoms with Gasteiger partial charge in [0.1, 0.15) is 0 Å². The third-order valence-electron chi connectivity index (χ3n) is 3.61. The third kappa shape index (κ3) is 4.58. The van der Waals surface area contributed by atoms with E-state index >= 15 is 0 Å². The van der Waals surface area contributed by atoms with Crippen molar-refractivity contribution < 1.29 is 0 Å². The SMILES string of the molecule is CC(C)CC(C)(C)c1cn(C(C)(C)CC(C)(C)N)nn1. The van der Waals surface area contributed by atoms with Gasteiger partial charge in [-0.3, -0.25) is 0 Å². The van der Waals surface area contributed by atoms with Gasteiger partial charge in [-0.1, -0.05) is 32.9 Å². The van der Waals surface area contributed by atoms with Crippen molar-refractivity contribution in [3.63, 3.8) is 0 Å². The predicted molar refractivity (Wildman–Crippen MR) is 84.7 cm³/mol. The van der Waals surface area contributed by atoms with Crippen LogP contribution in [-0.2, 0) is 11.0 Å². The van der Waals surface area contributed by atoms with E-state index in [0.29, 0.717) is 5.92 Å². The Bertz CT molecular complexity index is 436. The van der Waals surface area contributed by atoms with Crippen molar-refractivity contribution in [2.24, 2.45) is 11.7 Å². The molecule has 4 nitrogen and oxygen atoms in total. The fourth-order valence-electron chi connectivity index (χ4n) is 3.19. The number of nitrogens with two attached hydrogens (primary N) is 1. The molecule has 0 aliphatic heterocycles. The topological polar surface area (TPSA) is 56.7 Å². The van der Waals surface area contributed by atoms with Gasteiger partial charge in [0.2, 0.25) is 0 Å². The molecule has 1 rings (SSSR count). The van der Waals surface area contributed by atoms with Crippen molar-refractivity contribution in [1.82, 2.24) is 15.0 Å². The number of aromatic nitrogens is 3. The first-order valence-corrected chi connectivity index (χ1v) is 7.56. The maximum Gasteiger partial charge on any atom is 0.0883 e. The van der Waals surface area contributed by atoms with E-state index in [0.717, 1.165) is 18.5 Å². The molecule has 0 saturated heterocycles. The molecule has 0 unspecified atom stereocenters. The molecule has 0 aliphatic rings. The lowest BCUT2D eigenvalue weighted by molar-refractivity contribution is 0.233. The molecule has 0 spiro atoms. The van der Waals surface area contributed by atoms with Crippen LogP contribution in [-0.4, -0.2) is 20.5 Å². The van der Waals surface area contributed by atoms with Crippen LogP contribution in [0.15, 0.2) is 6.20 Å². The lowest BCUT2D eigenvalue weighted by Gasteiger charge is -2.32. The van der Waals surface area contributed by atoms with Gasteiger partial charge >= 0.3 is 0 Å². The molecule has 0 aliphatic carbocycles. The average Bonchev–Trinajstić information content (AvgIpc) is 2.59. The van der Waals surface area contributed by atoms with Crippen molar-refractivity contribution in [3.05, 3.63) is 11.9 Å². The molecule has 0 radical (unpaired) electrons. The first-order chi connectivity index (χ1) is 8.83. The van der Waals surface area contributed by atoms with Crippen LogP contribution in [0, 0.1) is 5.92 Å². The highest BCUT2D eigenvalue weighted by molar-refractivity contribution is 5.10. The van der Waals surface area contributed by atoms with E-state index in [9.17, 15) is 0 Å². The second kappa shape index (κ2) is 5.47. The van der Waals surface area contributed by atoms with Gasteiger partial charge in [-0.25, -0.2) is 4.68 Å². The molecular formula is C16H32N4. The van der Waals surface area contributed by atoms with Gasteiger partial charge in [0.05, 0.1) is 11.2 Å². The normalized spacial score (nSPS) is 14.1. The summed E-state index contributed by atoms with van der Waals surface area (Å²) < 4.78 is 1.97. The van der Waals surface area contributed by atoms with Gasteiger partial charge in [0.25, 0.3) is 0 Å². The summed E-state index contributed by atoms with van der Waals surface area (Å²) in [5.74, 6) is 0.645. The minimum Gasteiger partial charge on any atom is -0.325 e. The number of rotatable bonds is 6. The summed E-state index contributed by atoms with van der Waals surface area (Å²) in [5, 5.41) is 8.77. The second-order valence-electron chi connectivity index (χ2n) is 8.51. The summed E-state index contributed by atoms with van der Waals surface area (Å²) in [6.45, 7) is 17.4. The fourth-order valence-corrected chi connectivity index (χ4v) is 3.19. The number of hydrogen-bond donors (Lipinski definition) is 1. The maximum atomic E-state index is 6.16. The molecule has 1 heterocycles. The Hall–Kier alpha value is -0.900. The van der Waals surface area contributed by atoms with Gasteiger partial charge in [-0.15, -0.1) is 5.10 Å². The summed E-state index contributed by atoms with van der Waals surface area (Å²) in [6, 6.07) is 0. The molecule has 0 atom stereocenters. The van der Waals surface area contributed by atoms with Gasteiger partial charge < -0.3 is 5.73 Å². The zero-order valence-corrected chi connectivity index (χ0v) is 14.5. The Kier molecular flexibility index (Phi) is 4.69. The first kappa shape index (κ1) is 17.2. The third-order valence-corrected chi connectivity index (χ3v) is 3.61. The molecule has 1 aromatic heterocycles. The van der Waals surface area contributed by atoms with Crippen molar-refractivity contribution in [3.8, 4) is 0 Å². The molecule has 0 saturated carbocycles. The smallest absolute Gasteiger partial charge is 0.0883 e. The molecular weight excluding hydrogens is 248 g/mol. The van der Waals surface area contributed by atoms with E-state index in [1.807, 2.05) is 4.68 Å². The minimum absolute atomic E-state index is 0.0563. The van der Waals surface area contributed by atoms with Crippen LogP contribution < -0.4 is 5.73 Å². The predicted octanol–water partition coefficient (Wildman–Crippen LogP) is 3.46. The van der Waals surface area contributed by atoms with Crippen molar-refractivity contribution in [2.75, 3.05) is 0 Å². The molecule has 0 fully saturated rings. The Morgan fingerprint density at radius 3 is 2.15 bits per heavy atom. The van der Waals surface area contributed by atoms with E-state index < -0.39 is 0 Å². The van der Waals surface area contributed by atoms with Gasteiger partial charge in [-0.05, 0) is 46.5 Å². The van der Waals surface area contributed by atoms with Crippen LogP contribution in [0.3, 0.4) is 0 Å². The highest BCUT2D eigenvalue weighted by Crippen LogP contribution is 2.31. The van der Waals surface area contributed by atoms with E-state index in [-0.39, 0.29) is 16.5 Å². The molecule has 0 bridgehead atoms. The lowest BCUT2D eigenvalue weighted by atomic mass is 9.81. The lowest BCUT2D eigenvalue weighted by Crippen LogP contribution is -2.42. The molecule has 1 aromatic rings. The average molecular weight is 280 g/mol. The van der Waals surface area contributed by atoms with Crippen LogP contribution in [0.4, 0.5) is 0 Å². The Morgan fingerprint density at radius 1 is 1.15 bits per heavy atom. The van der Waals surface area contributed by atoms with Crippen molar-refractivity contribution >= 4 is 0 Å². The zero-order chi connectivity index (χ0) is 15.8. The molecule has 20 heavy (non-hydrogen) atoms. The van der Waals surface area contributed by atoms with E-state index in [2.05, 4.69) is 71.9 Å². The van der Waals surface area contributed by atoms with Crippen LogP contribution in [0.2, 0.25) is 0 Å². The minimum atomic E-state index is -0.219. The summed E-state index contributed by atoms with van der Waals surface area (Å²) in [7, 11) is 0. The molecule has 0 amide bonds. The number of hydrogen-bond acceptors (Lipinski definition) is 3. The van der Waals surface area contributed by atoms with Gasteiger partial charge in [0, 0.05) is 17.2 Å². The monoisotopic (exact) mass is 280 g/mol. The quantitative estimate of drug-likeness (QED) is 0.868. The zero-order valence-electron chi connectivity index (χ0n) is 14.5. The molecule has 2 N–H and O–H groups in total. The van der Waals surface area contributed by atoms with Crippen LogP contribution >= 0.6 is 0 Å². The number of nitrogens with zero attached hydrogens (tertiary/aromatic N) is 3. The highest BCUT2D eigenvalue weighted by Gasteiger charge is 2.31. The van der Waals surface area contributed by atoms with E-state index in [1.54, 1.807) is 0 Å². The van der Waals surface area contributed by atoms with Crippen LogP contribution in [0.25, 0.3) is 0 Å². The van der Waals surface area contributed by atoms with E-state index in [4.69, 9.17) is 5.73 Å². The highest BCUT2D eigenvalue weighted by atomic mass is 15.4. The largest absolute Gasteiger partial charge is 0.325 e. The summed E-state index contributed by atoms with van der Waals surface area (Å²) in [4.78, 5) is 0. The Balaban J connectivity index is 2.97. The molecule has 116 valence electrons. The van der Waals surface area contributed by atoms with Crippen LogP contribution in [0.1, 0.15) is 73.9 Å².